The molecule has 9 heteroatoms. The molecular weight excluding hydrogens is 400 g/mol. The summed E-state index contributed by atoms with van der Waals surface area (Å²) >= 11 is 2.59. The van der Waals surface area contributed by atoms with Gasteiger partial charge in [-0.3, -0.25) is 9.59 Å². The highest BCUT2D eigenvalue weighted by molar-refractivity contribution is 8.02. The SMILES string of the molecule is CSC12CC3=CC=CC(O)C3N1C(=O)C13CC4(O)C(C=CC(O)C4N1C2=O)S3. The van der Waals surface area contributed by atoms with E-state index in [1.54, 1.807) is 35.5 Å². The number of piperazine rings is 1. The third-order valence-electron chi connectivity index (χ3n) is 7.20. The van der Waals surface area contributed by atoms with Crippen LogP contribution in [0.1, 0.15) is 12.8 Å². The molecular formula is C19H20N2O5S2. The standard InChI is InChI=1S/C19H20N2O5S2/c1-27-18-7-9-3-2-4-10(22)13(9)20(18)16(25)19-8-17(26)12(28-19)6-5-11(23)14(17)21(19)15(18)24/h2-6,10-14,22-23,26H,7-8H2,1H3. The summed E-state index contributed by atoms with van der Waals surface area (Å²) in [5, 5.41) is 32.3. The van der Waals surface area contributed by atoms with Crippen LogP contribution in [-0.2, 0) is 9.59 Å². The van der Waals surface area contributed by atoms with Crippen LogP contribution in [0.2, 0.25) is 0 Å². The Balaban J connectivity index is 1.57. The first-order valence-corrected chi connectivity index (χ1v) is 11.5. The number of fused-ring (bicyclic) bond motifs is 4. The van der Waals surface area contributed by atoms with Gasteiger partial charge in [-0.05, 0) is 11.8 Å². The van der Waals surface area contributed by atoms with Crippen molar-refractivity contribution in [2.24, 2.45) is 0 Å². The minimum atomic E-state index is -1.33. The number of allylic oxidation sites excluding steroid dienone is 2. The quantitative estimate of drug-likeness (QED) is 0.496. The molecule has 0 aromatic rings. The summed E-state index contributed by atoms with van der Waals surface area (Å²) in [6.45, 7) is 0. The number of amides is 2. The molecule has 4 fully saturated rings. The molecule has 1 spiro atoms. The molecule has 0 aromatic heterocycles. The predicted molar refractivity (Wildman–Crippen MR) is 104 cm³/mol. The third kappa shape index (κ3) is 1.62. The molecule has 8 unspecified atom stereocenters. The van der Waals surface area contributed by atoms with Crippen molar-refractivity contribution in [1.82, 2.24) is 9.80 Å². The maximum absolute atomic E-state index is 14.0. The predicted octanol–water partition coefficient (Wildman–Crippen LogP) is -0.408. The van der Waals surface area contributed by atoms with Gasteiger partial charge in [0.2, 0.25) is 0 Å². The van der Waals surface area contributed by atoms with Crippen LogP contribution in [0.25, 0.3) is 0 Å². The number of carbonyl (C=O) groups is 2. The molecule has 6 rings (SSSR count). The average Bonchev–Trinajstić information content (AvgIpc) is 3.26. The van der Waals surface area contributed by atoms with Gasteiger partial charge in [0.25, 0.3) is 11.8 Å². The van der Waals surface area contributed by atoms with E-state index in [9.17, 15) is 24.9 Å². The van der Waals surface area contributed by atoms with Crippen molar-refractivity contribution in [3.05, 3.63) is 36.0 Å². The summed E-state index contributed by atoms with van der Waals surface area (Å²) in [6.07, 6.45) is 9.00. The largest absolute Gasteiger partial charge is 0.387 e. The van der Waals surface area contributed by atoms with Crippen LogP contribution in [0.5, 0.6) is 0 Å². The van der Waals surface area contributed by atoms with Crippen molar-refractivity contribution in [3.63, 3.8) is 0 Å². The zero-order valence-corrected chi connectivity index (χ0v) is 16.7. The fourth-order valence-corrected chi connectivity index (χ4v) is 8.90. The number of thioether (sulfide) groups is 2. The van der Waals surface area contributed by atoms with Crippen molar-refractivity contribution in [2.75, 3.05) is 6.26 Å². The van der Waals surface area contributed by atoms with Crippen LogP contribution in [0.3, 0.4) is 0 Å². The Labute approximate surface area is 170 Å². The number of hydrogen-bond donors (Lipinski definition) is 3. The van der Waals surface area contributed by atoms with E-state index in [-0.39, 0.29) is 23.5 Å². The molecule has 7 nitrogen and oxygen atoms in total. The number of carbonyl (C=O) groups excluding carboxylic acids is 2. The lowest BCUT2D eigenvalue weighted by molar-refractivity contribution is -0.170. The lowest BCUT2D eigenvalue weighted by atomic mass is 9.82. The van der Waals surface area contributed by atoms with Gasteiger partial charge in [0.05, 0.1) is 29.5 Å². The van der Waals surface area contributed by atoms with Crippen molar-refractivity contribution >= 4 is 35.3 Å². The molecule has 3 N–H and O–H groups in total. The van der Waals surface area contributed by atoms with Gasteiger partial charge < -0.3 is 25.1 Å². The minimum Gasteiger partial charge on any atom is -0.387 e. The first-order chi connectivity index (χ1) is 13.3. The smallest absolute Gasteiger partial charge is 0.261 e. The number of nitrogens with zero attached hydrogens (tertiary/aromatic N) is 2. The molecule has 0 aromatic carbocycles. The fourth-order valence-electron chi connectivity index (χ4n) is 6.08. The second-order valence-electron chi connectivity index (χ2n) is 8.39. The number of aliphatic hydroxyl groups is 3. The Hall–Kier alpha value is -1.26. The van der Waals surface area contributed by atoms with Gasteiger partial charge in [-0.15, -0.1) is 23.5 Å². The lowest BCUT2D eigenvalue weighted by Crippen LogP contribution is -2.76. The third-order valence-corrected chi connectivity index (χ3v) is 10.1. The van der Waals surface area contributed by atoms with Crippen LogP contribution in [0.15, 0.2) is 36.0 Å². The molecule has 4 aliphatic heterocycles. The van der Waals surface area contributed by atoms with E-state index in [4.69, 9.17) is 0 Å². The molecule has 0 saturated carbocycles. The number of rotatable bonds is 1. The molecule has 2 amide bonds. The maximum Gasteiger partial charge on any atom is 0.261 e. The summed E-state index contributed by atoms with van der Waals surface area (Å²) in [5.41, 5.74) is -0.462. The van der Waals surface area contributed by atoms with E-state index < -0.39 is 39.6 Å². The molecule has 4 heterocycles. The second-order valence-corrected chi connectivity index (χ2v) is 10.9. The Kier molecular flexibility index (Phi) is 3.18. The highest BCUT2D eigenvalue weighted by Gasteiger charge is 2.81. The number of hydrogen-bond acceptors (Lipinski definition) is 7. The molecule has 0 radical (unpaired) electrons. The van der Waals surface area contributed by atoms with Gasteiger partial charge in [-0.2, -0.15) is 0 Å². The zero-order valence-electron chi connectivity index (χ0n) is 15.1. The minimum absolute atomic E-state index is 0.102. The summed E-state index contributed by atoms with van der Waals surface area (Å²) in [4.78, 5) is 28.6. The van der Waals surface area contributed by atoms with Gasteiger partial charge in [0, 0.05) is 12.8 Å². The van der Waals surface area contributed by atoms with E-state index in [2.05, 4.69) is 0 Å². The van der Waals surface area contributed by atoms with Crippen molar-refractivity contribution in [3.8, 4) is 0 Å². The van der Waals surface area contributed by atoms with Crippen LogP contribution in [0.4, 0.5) is 0 Å². The van der Waals surface area contributed by atoms with Gasteiger partial charge in [0.15, 0.2) is 9.74 Å². The Morgan fingerprint density at radius 1 is 1.14 bits per heavy atom. The zero-order chi connectivity index (χ0) is 19.6. The average molecular weight is 421 g/mol. The van der Waals surface area contributed by atoms with Gasteiger partial charge in [-0.1, -0.05) is 30.4 Å². The molecule has 2 bridgehead atoms. The monoisotopic (exact) mass is 420 g/mol. The second kappa shape index (κ2) is 5.07. The topological polar surface area (TPSA) is 101 Å². The first-order valence-electron chi connectivity index (χ1n) is 9.35. The number of aliphatic hydroxyl groups excluding tert-OH is 2. The van der Waals surface area contributed by atoms with E-state index in [1.807, 2.05) is 6.08 Å². The maximum atomic E-state index is 14.0. The summed E-state index contributed by atoms with van der Waals surface area (Å²) in [7, 11) is 0. The van der Waals surface area contributed by atoms with Gasteiger partial charge in [0.1, 0.15) is 5.60 Å². The lowest BCUT2D eigenvalue weighted by Gasteiger charge is -2.57. The summed E-state index contributed by atoms with van der Waals surface area (Å²) < 4.78 is 0. The Morgan fingerprint density at radius 3 is 2.68 bits per heavy atom. The summed E-state index contributed by atoms with van der Waals surface area (Å²) in [5.74, 6) is -0.511. The van der Waals surface area contributed by atoms with Gasteiger partial charge in [-0.25, -0.2) is 0 Å². The molecule has 8 atom stereocenters. The normalized spacial score (nSPS) is 52.7. The van der Waals surface area contributed by atoms with Crippen molar-refractivity contribution < 1.29 is 24.9 Å². The van der Waals surface area contributed by atoms with E-state index in [1.165, 1.54) is 28.4 Å². The van der Waals surface area contributed by atoms with E-state index in [0.717, 1.165) is 5.57 Å². The fraction of sp³-hybridized carbons (Fsp3) is 0.579. The molecule has 148 valence electrons. The summed E-state index contributed by atoms with van der Waals surface area (Å²) in [6, 6.07) is -1.40. The molecule has 2 aliphatic carbocycles. The Bertz CT molecular complexity index is 920. The van der Waals surface area contributed by atoms with Crippen LogP contribution < -0.4 is 0 Å². The highest BCUT2D eigenvalue weighted by atomic mass is 32.2. The molecule has 4 saturated heterocycles. The van der Waals surface area contributed by atoms with E-state index >= 15 is 0 Å². The van der Waals surface area contributed by atoms with E-state index in [0.29, 0.717) is 6.42 Å². The molecule has 28 heavy (non-hydrogen) atoms. The van der Waals surface area contributed by atoms with Gasteiger partial charge >= 0.3 is 0 Å². The highest BCUT2D eigenvalue weighted by Crippen LogP contribution is 2.67. The van der Waals surface area contributed by atoms with Crippen molar-refractivity contribution in [2.45, 2.75) is 57.7 Å². The van der Waals surface area contributed by atoms with Crippen LogP contribution in [-0.4, -0.2) is 88.1 Å². The van der Waals surface area contributed by atoms with Crippen LogP contribution >= 0.6 is 23.5 Å². The Morgan fingerprint density at radius 2 is 1.93 bits per heavy atom. The van der Waals surface area contributed by atoms with Crippen molar-refractivity contribution in [1.29, 1.82) is 0 Å². The first kappa shape index (κ1) is 17.6. The van der Waals surface area contributed by atoms with Crippen LogP contribution in [0, 0.1) is 0 Å². The molecule has 6 aliphatic rings.